The van der Waals surface area contributed by atoms with E-state index in [1.54, 1.807) is 13.0 Å². The number of amidine groups is 1. The molecule has 0 aliphatic carbocycles. The molecule has 1 unspecified atom stereocenters. The Hall–Kier alpha value is -1.31. The summed E-state index contributed by atoms with van der Waals surface area (Å²) in [7, 11) is 0. The van der Waals surface area contributed by atoms with Gasteiger partial charge in [0.05, 0.1) is 5.56 Å². The van der Waals surface area contributed by atoms with Crippen LogP contribution in [0.4, 0.5) is 0 Å². The maximum atomic E-state index is 11.9. The van der Waals surface area contributed by atoms with Gasteiger partial charge in [0.25, 0.3) is 5.91 Å². The molecule has 0 saturated heterocycles. The van der Waals surface area contributed by atoms with Crippen molar-refractivity contribution in [2.75, 3.05) is 0 Å². The van der Waals surface area contributed by atoms with Crippen LogP contribution in [0, 0.1) is 3.57 Å². The number of rotatable bonds is 4. The second-order valence-electron chi connectivity index (χ2n) is 3.65. The molecule has 1 rings (SSSR count). The number of nitrogens with two attached hydrogens (primary N) is 1. The van der Waals surface area contributed by atoms with Crippen LogP contribution >= 0.6 is 22.6 Å². The van der Waals surface area contributed by atoms with E-state index in [0.717, 1.165) is 3.57 Å². The van der Waals surface area contributed by atoms with Gasteiger partial charge in [-0.25, -0.2) is 0 Å². The van der Waals surface area contributed by atoms with Crippen molar-refractivity contribution in [2.45, 2.75) is 19.4 Å². The Balaban J connectivity index is 2.64. The molecule has 1 atom stereocenters. The number of hydrogen-bond donors (Lipinski definition) is 3. The van der Waals surface area contributed by atoms with E-state index in [9.17, 15) is 4.79 Å². The number of carbonyl (C=O) groups is 1. The van der Waals surface area contributed by atoms with Crippen LogP contribution in [0.2, 0.25) is 0 Å². The van der Waals surface area contributed by atoms with Gasteiger partial charge < -0.3 is 16.3 Å². The summed E-state index contributed by atoms with van der Waals surface area (Å²) in [6.07, 6.45) is 0.311. The van der Waals surface area contributed by atoms with Crippen molar-refractivity contribution in [3.8, 4) is 0 Å². The average molecular weight is 347 g/mol. The molecule has 0 aliphatic rings. The lowest BCUT2D eigenvalue weighted by Crippen LogP contribution is -2.36. The van der Waals surface area contributed by atoms with Crippen molar-refractivity contribution in [1.82, 2.24) is 5.32 Å². The molecule has 5 nitrogen and oxygen atoms in total. The van der Waals surface area contributed by atoms with Crippen LogP contribution in [0.3, 0.4) is 0 Å². The third-order valence-corrected chi connectivity index (χ3v) is 3.08. The summed E-state index contributed by atoms with van der Waals surface area (Å²) < 4.78 is 0.888. The summed E-state index contributed by atoms with van der Waals surface area (Å²) in [5.74, 6) is -0.0613. The van der Waals surface area contributed by atoms with E-state index in [0.29, 0.717) is 12.0 Å². The van der Waals surface area contributed by atoms with Crippen molar-refractivity contribution in [2.24, 2.45) is 10.9 Å². The predicted octanol–water partition coefficient (Wildman–Crippen LogP) is 1.55. The first kappa shape index (κ1) is 13.8. The first-order valence-electron chi connectivity index (χ1n) is 5.06. The minimum absolute atomic E-state index is 0.0977. The van der Waals surface area contributed by atoms with Gasteiger partial charge in [-0.2, -0.15) is 0 Å². The zero-order valence-electron chi connectivity index (χ0n) is 9.35. The van der Waals surface area contributed by atoms with Gasteiger partial charge in [-0.1, -0.05) is 17.3 Å². The number of benzene rings is 1. The first-order chi connectivity index (χ1) is 8.04. The fraction of sp³-hybridized carbons (Fsp3) is 0.273. The quantitative estimate of drug-likeness (QED) is 0.254. The number of halogens is 1. The van der Waals surface area contributed by atoms with Crippen LogP contribution in [0.1, 0.15) is 23.7 Å². The molecule has 1 aromatic carbocycles. The Bertz CT molecular complexity index is 434. The van der Waals surface area contributed by atoms with Gasteiger partial charge in [-0.3, -0.25) is 4.79 Å². The molecule has 0 spiro atoms. The topological polar surface area (TPSA) is 87.7 Å². The first-order valence-corrected chi connectivity index (χ1v) is 6.14. The van der Waals surface area contributed by atoms with Crippen LogP contribution in [0.25, 0.3) is 0 Å². The van der Waals surface area contributed by atoms with Crippen molar-refractivity contribution in [3.63, 3.8) is 0 Å². The Kier molecular flexibility index (Phi) is 5.20. The molecule has 0 fully saturated rings. The highest BCUT2D eigenvalue weighted by molar-refractivity contribution is 14.1. The summed E-state index contributed by atoms with van der Waals surface area (Å²) in [6.45, 7) is 1.80. The van der Waals surface area contributed by atoms with Crippen LogP contribution < -0.4 is 11.1 Å². The molecule has 0 radical (unpaired) electrons. The lowest BCUT2D eigenvalue weighted by Gasteiger charge is -2.13. The Morgan fingerprint density at radius 2 is 2.24 bits per heavy atom. The lowest BCUT2D eigenvalue weighted by atomic mass is 10.1. The predicted molar refractivity (Wildman–Crippen MR) is 74.1 cm³/mol. The van der Waals surface area contributed by atoms with Crippen LogP contribution in [0.15, 0.2) is 29.4 Å². The average Bonchev–Trinajstić information content (AvgIpc) is 2.29. The van der Waals surface area contributed by atoms with E-state index in [-0.39, 0.29) is 17.8 Å². The number of oxime groups is 1. The summed E-state index contributed by atoms with van der Waals surface area (Å²) in [5, 5.41) is 14.1. The molecule has 0 aromatic heterocycles. The maximum absolute atomic E-state index is 11.9. The Morgan fingerprint density at radius 3 is 2.82 bits per heavy atom. The van der Waals surface area contributed by atoms with Gasteiger partial charge in [0.15, 0.2) is 0 Å². The molecule has 1 amide bonds. The van der Waals surface area contributed by atoms with Gasteiger partial charge in [-0.05, 0) is 41.6 Å². The Morgan fingerprint density at radius 1 is 1.59 bits per heavy atom. The third-order valence-electron chi connectivity index (χ3n) is 2.14. The summed E-state index contributed by atoms with van der Waals surface area (Å²) in [4.78, 5) is 11.9. The van der Waals surface area contributed by atoms with Crippen LogP contribution in [-0.4, -0.2) is 23.0 Å². The van der Waals surface area contributed by atoms with Gasteiger partial charge in [0, 0.05) is 16.0 Å². The van der Waals surface area contributed by atoms with E-state index in [1.807, 2.05) is 18.2 Å². The molecule has 0 saturated carbocycles. The standard InChI is InChI=1S/C11H14IN3O2/c1-7(6-10(13)15-17)14-11(16)8-4-2-3-5-9(8)12/h2-5,7,17H,6H2,1H3,(H2,13,15)(H,14,16). The van der Waals surface area contributed by atoms with E-state index in [1.165, 1.54) is 0 Å². The second kappa shape index (κ2) is 6.43. The number of carbonyl (C=O) groups excluding carboxylic acids is 1. The second-order valence-corrected chi connectivity index (χ2v) is 4.81. The summed E-state index contributed by atoms with van der Waals surface area (Å²) >= 11 is 2.11. The number of nitrogens with zero attached hydrogens (tertiary/aromatic N) is 1. The van der Waals surface area contributed by atoms with Gasteiger partial charge >= 0.3 is 0 Å². The molecule has 0 aliphatic heterocycles. The minimum Gasteiger partial charge on any atom is -0.409 e. The molecular formula is C11H14IN3O2. The number of amides is 1. The van der Waals surface area contributed by atoms with Crippen molar-refractivity contribution in [3.05, 3.63) is 33.4 Å². The molecule has 92 valence electrons. The van der Waals surface area contributed by atoms with E-state index >= 15 is 0 Å². The van der Waals surface area contributed by atoms with Crippen molar-refractivity contribution in [1.29, 1.82) is 0 Å². The van der Waals surface area contributed by atoms with Gasteiger partial charge in [0.1, 0.15) is 5.84 Å². The maximum Gasteiger partial charge on any atom is 0.252 e. The van der Waals surface area contributed by atoms with E-state index in [2.05, 4.69) is 33.1 Å². The summed E-state index contributed by atoms with van der Waals surface area (Å²) in [6, 6.07) is 7.12. The molecular weight excluding hydrogens is 333 g/mol. The highest BCUT2D eigenvalue weighted by Gasteiger charge is 2.13. The monoisotopic (exact) mass is 347 g/mol. The minimum atomic E-state index is -0.186. The van der Waals surface area contributed by atoms with E-state index in [4.69, 9.17) is 10.9 Å². The number of hydrogen-bond acceptors (Lipinski definition) is 3. The third kappa shape index (κ3) is 4.22. The fourth-order valence-electron chi connectivity index (χ4n) is 1.35. The zero-order chi connectivity index (χ0) is 12.8. The molecule has 4 N–H and O–H groups in total. The van der Waals surface area contributed by atoms with Crippen molar-refractivity contribution < 1.29 is 10.0 Å². The van der Waals surface area contributed by atoms with Crippen LogP contribution in [-0.2, 0) is 0 Å². The SMILES string of the molecule is CC(CC(N)=NO)NC(=O)c1ccccc1I. The largest absolute Gasteiger partial charge is 0.409 e. The molecule has 6 heteroatoms. The normalized spacial score (nSPS) is 13.2. The molecule has 0 heterocycles. The molecule has 0 bridgehead atoms. The summed E-state index contributed by atoms with van der Waals surface area (Å²) in [5.41, 5.74) is 5.99. The lowest BCUT2D eigenvalue weighted by molar-refractivity contribution is 0.0940. The van der Waals surface area contributed by atoms with Crippen LogP contribution in [0.5, 0.6) is 0 Å². The number of nitrogens with one attached hydrogen (secondary N) is 1. The fourth-order valence-corrected chi connectivity index (χ4v) is 1.98. The smallest absolute Gasteiger partial charge is 0.252 e. The Labute approximate surface area is 113 Å². The van der Waals surface area contributed by atoms with Crippen molar-refractivity contribution >= 4 is 34.3 Å². The molecule has 1 aromatic rings. The molecule has 17 heavy (non-hydrogen) atoms. The highest BCUT2D eigenvalue weighted by atomic mass is 127. The van der Waals surface area contributed by atoms with E-state index < -0.39 is 0 Å². The zero-order valence-corrected chi connectivity index (χ0v) is 11.5. The van der Waals surface area contributed by atoms with Gasteiger partial charge in [-0.15, -0.1) is 0 Å². The van der Waals surface area contributed by atoms with Gasteiger partial charge in [0.2, 0.25) is 0 Å². The highest BCUT2D eigenvalue weighted by Crippen LogP contribution is 2.11.